The second kappa shape index (κ2) is 6.88. The largest absolute Gasteiger partial charge is 0.497 e. The summed E-state index contributed by atoms with van der Waals surface area (Å²) < 4.78 is 17.6. The molecule has 1 fully saturated rings. The van der Waals surface area contributed by atoms with Crippen LogP contribution in [0.5, 0.6) is 5.75 Å². The minimum absolute atomic E-state index is 0.0806. The maximum atomic E-state index is 12.9. The van der Waals surface area contributed by atoms with Gasteiger partial charge in [0, 0.05) is 32.5 Å². The summed E-state index contributed by atoms with van der Waals surface area (Å²) in [6, 6.07) is 7.78. The van der Waals surface area contributed by atoms with Crippen molar-refractivity contribution in [2.24, 2.45) is 14.1 Å². The molecule has 1 atom stereocenters. The summed E-state index contributed by atoms with van der Waals surface area (Å²) in [6.45, 7) is 1.36. The van der Waals surface area contributed by atoms with E-state index in [-0.39, 0.29) is 11.7 Å². The van der Waals surface area contributed by atoms with Gasteiger partial charge in [-0.05, 0) is 25.0 Å². The van der Waals surface area contributed by atoms with Gasteiger partial charge in [-0.15, -0.1) is 0 Å². The number of nitrogens with zero attached hydrogens (tertiary/aromatic N) is 5. The predicted molar refractivity (Wildman–Crippen MR) is 112 cm³/mol. The molecule has 0 amide bonds. The van der Waals surface area contributed by atoms with Gasteiger partial charge in [-0.2, -0.15) is 4.98 Å². The highest BCUT2D eigenvalue weighted by molar-refractivity contribution is 5.78. The number of imidazole rings is 2. The number of aromatic nitrogens is 5. The lowest BCUT2D eigenvalue weighted by Gasteiger charge is -2.14. The van der Waals surface area contributed by atoms with Crippen LogP contribution in [-0.4, -0.2) is 42.9 Å². The maximum absolute atomic E-state index is 12.9. The van der Waals surface area contributed by atoms with Crippen LogP contribution in [-0.2, 0) is 25.4 Å². The van der Waals surface area contributed by atoms with Gasteiger partial charge in [-0.3, -0.25) is 18.3 Å². The Kier molecular flexibility index (Phi) is 4.28. The number of ether oxygens (including phenoxy) is 2. The standard InChI is InChI=1S/C21H23N5O4/c1-23-18-17(19(27)24(2)21(23)28)26-12-16(13-6-4-7-14(10-13)29-3)25(20(26)22-18)11-15-8-5-9-30-15/h4,6-7,10,12,15H,5,8-9,11H2,1-3H3/t15-/m0/s1. The van der Waals surface area contributed by atoms with E-state index in [1.54, 1.807) is 18.6 Å². The molecule has 5 rings (SSSR count). The molecule has 0 unspecified atom stereocenters. The molecule has 0 bridgehead atoms. The van der Waals surface area contributed by atoms with Gasteiger partial charge in [-0.25, -0.2) is 4.79 Å². The first-order valence-corrected chi connectivity index (χ1v) is 9.93. The third-order valence-corrected chi connectivity index (χ3v) is 5.83. The average Bonchev–Trinajstić information content (AvgIpc) is 3.48. The van der Waals surface area contributed by atoms with Crippen LogP contribution in [0.25, 0.3) is 28.2 Å². The van der Waals surface area contributed by atoms with Crippen molar-refractivity contribution in [1.29, 1.82) is 0 Å². The zero-order chi connectivity index (χ0) is 21.0. The Labute approximate surface area is 171 Å². The number of benzene rings is 1. The molecule has 1 aliphatic rings. The Morgan fingerprint density at radius 2 is 2.07 bits per heavy atom. The molecule has 9 nitrogen and oxygen atoms in total. The molecule has 1 saturated heterocycles. The maximum Gasteiger partial charge on any atom is 0.332 e. The van der Waals surface area contributed by atoms with Gasteiger partial charge in [0.15, 0.2) is 11.2 Å². The van der Waals surface area contributed by atoms with E-state index >= 15 is 0 Å². The van der Waals surface area contributed by atoms with Crippen molar-refractivity contribution >= 4 is 16.9 Å². The summed E-state index contributed by atoms with van der Waals surface area (Å²) in [5.74, 6) is 1.36. The Balaban J connectivity index is 1.82. The van der Waals surface area contributed by atoms with Gasteiger partial charge in [-0.1, -0.05) is 12.1 Å². The van der Waals surface area contributed by atoms with E-state index in [2.05, 4.69) is 4.57 Å². The lowest BCUT2D eigenvalue weighted by molar-refractivity contribution is 0.0981. The van der Waals surface area contributed by atoms with Crippen LogP contribution in [0.3, 0.4) is 0 Å². The van der Waals surface area contributed by atoms with Crippen molar-refractivity contribution in [3.63, 3.8) is 0 Å². The van der Waals surface area contributed by atoms with Crippen molar-refractivity contribution < 1.29 is 9.47 Å². The third-order valence-electron chi connectivity index (χ3n) is 5.83. The number of hydrogen-bond acceptors (Lipinski definition) is 5. The third kappa shape index (κ3) is 2.69. The van der Waals surface area contributed by atoms with Crippen molar-refractivity contribution in [3.05, 3.63) is 51.3 Å². The Hall–Kier alpha value is -3.33. The number of fused-ring (bicyclic) bond motifs is 3. The highest BCUT2D eigenvalue weighted by Gasteiger charge is 2.24. The normalized spacial score (nSPS) is 16.7. The van der Waals surface area contributed by atoms with E-state index in [0.717, 1.165) is 41.0 Å². The van der Waals surface area contributed by atoms with Crippen LogP contribution >= 0.6 is 0 Å². The molecule has 156 valence electrons. The SMILES string of the molecule is COc1cccc(-c2cn3c4c(=O)n(C)c(=O)n(C)c4nc3n2C[C@@H]2CCCO2)c1. The molecular weight excluding hydrogens is 386 g/mol. The monoisotopic (exact) mass is 409 g/mol. The summed E-state index contributed by atoms with van der Waals surface area (Å²) in [5, 5.41) is 0. The summed E-state index contributed by atoms with van der Waals surface area (Å²) >= 11 is 0. The first-order chi connectivity index (χ1) is 14.5. The molecule has 1 aliphatic heterocycles. The fourth-order valence-electron chi connectivity index (χ4n) is 4.20. The van der Waals surface area contributed by atoms with E-state index in [1.807, 2.05) is 30.5 Å². The Morgan fingerprint density at radius 1 is 1.23 bits per heavy atom. The number of aryl methyl sites for hydroxylation is 1. The zero-order valence-corrected chi connectivity index (χ0v) is 17.2. The van der Waals surface area contributed by atoms with Crippen molar-refractivity contribution in [1.82, 2.24) is 23.1 Å². The highest BCUT2D eigenvalue weighted by atomic mass is 16.5. The van der Waals surface area contributed by atoms with Crippen LogP contribution in [0.2, 0.25) is 0 Å². The molecule has 0 spiro atoms. The molecule has 9 heteroatoms. The van der Waals surface area contributed by atoms with Crippen molar-refractivity contribution in [3.8, 4) is 17.0 Å². The minimum Gasteiger partial charge on any atom is -0.497 e. The first kappa shape index (κ1) is 18.7. The molecule has 1 aromatic carbocycles. The van der Waals surface area contributed by atoms with Crippen molar-refractivity contribution in [2.75, 3.05) is 13.7 Å². The minimum atomic E-state index is -0.396. The van der Waals surface area contributed by atoms with Gasteiger partial charge < -0.3 is 14.0 Å². The fourth-order valence-corrected chi connectivity index (χ4v) is 4.20. The fraction of sp³-hybridized carbons (Fsp3) is 0.381. The quantitative estimate of drug-likeness (QED) is 0.511. The van der Waals surface area contributed by atoms with E-state index in [0.29, 0.717) is 23.5 Å². The lowest BCUT2D eigenvalue weighted by Crippen LogP contribution is -2.37. The lowest BCUT2D eigenvalue weighted by atomic mass is 10.1. The molecule has 4 aromatic rings. The molecular formula is C21H23N5O4. The topological polar surface area (TPSA) is 84.7 Å². The summed E-state index contributed by atoms with van der Waals surface area (Å²) in [7, 11) is 4.74. The summed E-state index contributed by atoms with van der Waals surface area (Å²) in [5.41, 5.74) is 1.84. The second-order valence-electron chi connectivity index (χ2n) is 7.65. The van der Waals surface area contributed by atoms with Gasteiger partial charge >= 0.3 is 5.69 Å². The molecule has 3 aromatic heterocycles. The van der Waals surface area contributed by atoms with Gasteiger partial charge in [0.1, 0.15) is 5.75 Å². The molecule has 0 radical (unpaired) electrons. The first-order valence-electron chi connectivity index (χ1n) is 9.93. The molecule has 0 saturated carbocycles. The predicted octanol–water partition coefficient (Wildman–Crippen LogP) is 1.54. The van der Waals surface area contributed by atoms with Gasteiger partial charge in [0.2, 0.25) is 5.78 Å². The Bertz CT molecular complexity index is 1380. The van der Waals surface area contributed by atoms with Crippen LogP contribution in [0.4, 0.5) is 0 Å². The van der Waals surface area contributed by atoms with Crippen LogP contribution in [0.15, 0.2) is 40.1 Å². The van der Waals surface area contributed by atoms with E-state index in [1.165, 1.54) is 11.6 Å². The second-order valence-corrected chi connectivity index (χ2v) is 7.65. The molecule has 0 N–H and O–H groups in total. The van der Waals surface area contributed by atoms with E-state index in [9.17, 15) is 9.59 Å². The van der Waals surface area contributed by atoms with Gasteiger partial charge in [0.05, 0.1) is 25.5 Å². The van der Waals surface area contributed by atoms with Crippen LogP contribution < -0.4 is 16.0 Å². The zero-order valence-electron chi connectivity index (χ0n) is 17.2. The van der Waals surface area contributed by atoms with E-state index < -0.39 is 5.69 Å². The van der Waals surface area contributed by atoms with Crippen LogP contribution in [0, 0.1) is 0 Å². The number of hydrogen-bond donors (Lipinski definition) is 0. The summed E-state index contributed by atoms with van der Waals surface area (Å²) in [4.78, 5) is 30.0. The molecule has 4 heterocycles. The van der Waals surface area contributed by atoms with Gasteiger partial charge in [0.25, 0.3) is 5.56 Å². The van der Waals surface area contributed by atoms with E-state index in [4.69, 9.17) is 14.5 Å². The number of methoxy groups -OCH3 is 1. The molecule has 30 heavy (non-hydrogen) atoms. The molecule has 0 aliphatic carbocycles. The average molecular weight is 409 g/mol. The van der Waals surface area contributed by atoms with Crippen LogP contribution in [0.1, 0.15) is 12.8 Å². The Morgan fingerprint density at radius 3 is 2.80 bits per heavy atom. The highest BCUT2D eigenvalue weighted by Crippen LogP contribution is 2.29. The summed E-state index contributed by atoms with van der Waals surface area (Å²) in [6.07, 6.45) is 3.99. The number of rotatable bonds is 4. The van der Waals surface area contributed by atoms with Crippen molar-refractivity contribution in [2.45, 2.75) is 25.5 Å². The smallest absolute Gasteiger partial charge is 0.332 e.